The lowest BCUT2D eigenvalue weighted by Gasteiger charge is -2.34. The smallest absolute Gasteiger partial charge is 0.260 e. The van der Waals surface area contributed by atoms with Crippen LogP contribution in [-0.2, 0) is 4.79 Å². The number of methoxy groups -OCH3 is 1. The summed E-state index contributed by atoms with van der Waals surface area (Å²) in [6.07, 6.45) is 0. The van der Waals surface area contributed by atoms with E-state index < -0.39 is 0 Å². The molecule has 2 aromatic carbocycles. The summed E-state index contributed by atoms with van der Waals surface area (Å²) < 4.78 is 23.6. The Labute approximate surface area is 175 Å². The molecular weight excluding hydrogens is 389 g/mol. The second kappa shape index (κ2) is 10.6. The Morgan fingerprint density at radius 2 is 1.73 bits per heavy atom. The number of ether oxygens (including phenoxy) is 2. The third-order valence-corrected chi connectivity index (χ3v) is 4.95. The lowest BCUT2D eigenvalue weighted by atomic mass is 10.2. The molecule has 3 rings (SSSR count). The van der Waals surface area contributed by atoms with Gasteiger partial charge in [-0.2, -0.15) is 0 Å². The topological polar surface area (TPSA) is 71.1 Å². The quantitative estimate of drug-likeness (QED) is 0.712. The highest BCUT2D eigenvalue weighted by atomic mass is 19.1. The SMILES string of the molecule is COc1cccc(OCC(=O)N2CCN(CCNC(=O)c3ccc(F)cc3)CC2)c1. The monoisotopic (exact) mass is 415 g/mol. The first-order chi connectivity index (χ1) is 14.5. The standard InChI is InChI=1S/C22H26FN3O4/c1-29-19-3-2-4-20(15-19)30-16-21(27)26-13-11-25(12-14-26)10-9-24-22(28)17-5-7-18(23)8-6-17/h2-8,15H,9-14,16H2,1H3,(H,24,28). The number of amides is 2. The maximum absolute atomic E-state index is 12.9. The van der Waals surface area contributed by atoms with Crippen LogP contribution in [0.1, 0.15) is 10.4 Å². The highest BCUT2D eigenvalue weighted by Gasteiger charge is 2.21. The molecule has 0 aliphatic carbocycles. The summed E-state index contributed by atoms with van der Waals surface area (Å²) in [5, 5.41) is 2.83. The summed E-state index contributed by atoms with van der Waals surface area (Å²) in [6.45, 7) is 3.87. The maximum Gasteiger partial charge on any atom is 0.260 e. The zero-order chi connectivity index (χ0) is 21.3. The van der Waals surface area contributed by atoms with Crippen molar-refractivity contribution in [2.75, 3.05) is 53.0 Å². The van der Waals surface area contributed by atoms with Gasteiger partial charge in [0.15, 0.2) is 6.61 Å². The largest absolute Gasteiger partial charge is 0.497 e. The number of hydrogen-bond acceptors (Lipinski definition) is 5. The van der Waals surface area contributed by atoms with E-state index in [-0.39, 0.29) is 24.2 Å². The van der Waals surface area contributed by atoms with E-state index in [1.54, 1.807) is 24.1 Å². The predicted molar refractivity (Wildman–Crippen MR) is 110 cm³/mol. The van der Waals surface area contributed by atoms with Crippen LogP contribution in [0.25, 0.3) is 0 Å². The lowest BCUT2D eigenvalue weighted by molar-refractivity contribution is -0.135. The molecule has 0 unspecified atom stereocenters. The van der Waals surface area contributed by atoms with E-state index in [0.29, 0.717) is 43.2 Å². The molecule has 1 aliphatic heterocycles. The minimum absolute atomic E-state index is 0.0130. The molecule has 8 heteroatoms. The fourth-order valence-corrected chi connectivity index (χ4v) is 3.18. The van der Waals surface area contributed by atoms with E-state index in [4.69, 9.17) is 9.47 Å². The molecule has 0 aromatic heterocycles. The van der Waals surface area contributed by atoms with Crippen molar-refractivity contribution in [2.24, 2.45) is 0 Å². The van der Waals surface area contributed by atoms with Gasteiger partial charge in [-0.15, -0.1) is 0 Å². The van der Waals surface area contributed by atoms with Crippen LogP contribution in [0.4, 0.5) is 4.39 Å². The fourth-order valence-electron chi connectivity index (χ4n) is 3.18. The Hall–Kier alpha value is -3.13. The van der Waals surface area contributed by atoms with E-state index >= 15 is 0 Å². The third kappa shape index (κ3) is 6.18. The molecule has 7 nitrogen and oxygen atoms in total. The van der Waals surface area contributed by atoms with Gasteiger partial charge in [0.25, 0.3) is 11.8 Å². The van der Waals surface area contributed by atoms with E-state index in [9.17, 15) is 14.0 Å². The van der Waals surface area contributed by atoms with Crippen molar-refractivity contribution in [2.45, 2.75) is 0 Å². The molecule has 0 bridgehead atoms. The maximum atomic E-state index is 12.9. The molecule has 1 fully saturated rings. The number of nitrogens with one attached hydrogen (secondary N) is 1. The van der Waals surface area contributed by atoms with Crippen LogP contribution in [0.15, 0.2) is 48.5 Å². The number of hydrogen-bond donors (Lipinski definition) is 1. The molecular formula is C22H26FN3O4. The molecule has 0 atom stereocenters. The zero-order valence-electron chi connectivity index (χ0n) is 17.0. The number of nitrogens with zero attached hydrogens (tertiary/aromatic N) is 2. The predicted octanol–water partition coefficient (Wildman–Crippen LogP) is 1.79. The van der Waals surface area contributed by atoms with Crippen LogP contribution in [0.2, 0.25) is 0 Å². The molecule has 1 aliphatic rings. The van der Waals surface area contributed by atoms with Gasteiger partial charge >= 0.3 is 0 Å². The summed E-state index contributed by atoms with van der Waals surface area (Å²) in [4.78, 5) is 28.4. The fraction of sp³-hybridized carbons (Fsp3) is 0.364. The highest BCUT2D eigenvalue weighted by Crippen LogP contribution is 2.18. The summed E-state index contributed by atoms with van der Waals surface area (Å²) in [5.74, 6) is 0.631. The summed E-state index contributed by atoms with van der Waals surface area (Å²) in [5.41, 5.74) is 0.433. The van der Waals surface area contributed by atoms with Gasteiger partial charge in [0, 0.05) is 50.9 Å². The van der Waals surface area contributed by atoms with Crippen LogP contribution >= 0.6 is 0 Å². The molecule has 2 amide bonds. The molecule has 1 heterocycles. The van der Waals surface area contributed by atoms with E-state index in [0.717, 1.165) is 13.1 Å². The Balaban J connectivity index is 1.34. The molecule has 0 spiro atoms. The van der Waals surface area contributed by atoms with E-state index in [2.05, 4.69) is 10.2 Å². The first-order valence-electron chi connectivity index (χ1n) is 9.86. The second-order valence-electron chi connectivity index (χ2n) is 6.95. The molecule has 1 N–H and O–H groups in total. The number of benzene rings is 2. The van der Waals surface area contributed by atoms with Crippen LogP contribution in [0.5, 0.6) is 11.5 Å². The van der Waals surface area contributed by atoms with Gasteiger partial charge in [-0.05, 0) is 36.4 Å². The Kier molecular flexibility index (Phi) is 7.62. The van der Waals surface area contributed by atoms with Crippen molar-refractivity contribution in [3.8, 4) is 11.5 Å². The lowest BCUT2D eigenvalue weighted by Crippen LogP contribution is -2.51. The molecule has 1 saturated heterocycles. The van der Waals surface area contributed by atoms with E-state index in [1.165, 1.54) is 24.3 Å². The van der Waals surface area contributed by atoms with Gasteiger partial charge in [-0.3, -0.25) is 14.5 Å². The van der Waals surface area contributed by atoms with Crippen molar-refractivity contribution in [1.82, 2.24) is 15.1 Å². The average molecular weight is 415 g/mol. The first kappa shape index (κ1) is 21.6. The summed E-state index contributed by atoms with van der Waals surface area (Å²) >= 11 is 0. The van der Waals surface area contributed by atoms with Crippen LogP contribution in [0, 0.1) is 5.82 Å². The molecule has 2 aromatic rings. The Morgan fingerprint density at radius 1 is 1.03 bits per heavy atom. The minimum atomic E-state index is -0.368. The number of rotatable bonds is 8. The Bertz CT molecular complexity index is 852. The normalized spacial score (nSPS) is 14.3. The van der Waals surface area contributed by atoms with Crippen LogP contribution < -0.4 is 14.8 Å². The Morgan fingerprint density at radius 3 is 2.43 bits per heavy atom. The van der Waals surface area contributed by atoms with Gasteiger partial charge in [-0.1, -0.05) is 6.07 Å². The number of carbonyl (C=O) groups is 2. The average Bonchev–Trinajstić information content (AvgIpc) is 2.78. The zero-order valence-corrected chi connectivity index (χ0v) is 17.0. The van der Waals surface area contributed by atoms with Gasteiger partial charge < -0.3 is 19.7 Å². The summed E-state index contributed by atoms with van der Waals surface area (Å²) in [6, 6.07) is 12.6. The van der Waals surface area contributed by atoms with Crippen molar-refractivity contribution >= 4 is 11.8 Å². The van der Waals surface area contributed by atoms with Crippen molar-refractivity contribution in [3.05, 3.63) is 59.9 Å². The molecule has 30 heavy (non-hydrogen) atoms. The molecule has 0 saturated carbocycles. The number of carbonyl (C=O) groups excluding carboxylic acids is 2. The van der Waals surface area contributed by atoms with Crippen LogP contribution in [0.3, 0.4) is 0 Å². The first-order valence-corrected chi connectivity index (χ1v) is 9.86. The molecule has 0 radical (unpaired) electrons. The van der Waals surface area contributed by atoms with Gasteiger partial charge in [0.2, 0.25) is 0 Å². The van der Waals surface area contributed by atoms with Crippen molar-refractivity contribution in [3.63, 3.8) is 0 Å². The third-order valence-electron chi connectivity index (χ3n) is 4.95. The summed E-state index contributed by atoms with van der Waals surface area (Å²) in [7, 11) is 1.58. The number of piperazine rings is 1. The number of halogens is 1. The van der Waals surface area contributed by atoms with Gasteiger partial charge in [-0.25, -0.2) is 4.39 Å². The van der Waals surface area contributed by atoms with Crippen LogP contribution in [-0.4, -0.2) is 74.6 Å². The van der Waals surface area contributed by atoms with Crippen molar-refractivity contribution < 1.29 is 23.5 Å². The minimum Gasteiger partial charge on any atom is -0.497 e. The molecule has 160 valence electrons. The van der Waals surface area contributed by atoms with Gasteiger partial charge in [0.05, 0.1) is 7.11 Å². The second-order valence-corrected chi connectivity index (χ2v) is 6.95. The van der Waals surface area contributed by atoms with Gasteiger partial charge in [0.1, 0.15) is 17.3 Å². The van der Waals surface area contributed by atoms with E-state index in [1.807, 2.05) is 12.1 Å². The van der Waals surface area contributed by atoms with Crippen molar-refractivity contribution in [1.29, 1.82) is 0 Å². The highest BCUT2D eigenvalue weighted by molar-refractivity contribution is 5.94.